The maximum absolute atomic E-state index is 13.8. The van der Waals surface area contributed by atoms with Gasteiger partial charge in [-0.05, 0) is 55.0 Å². The van der Waals surface area contributed by atoms with Gasteiger partial charge in [0.2, 0.25) is 0 Å². The van der Waals surface area contributed by atoms with Crippen LogP contribution in [-0.2, 0) is 0 Å². The van der Waals surface area contributed by atoms with E-state index in [1.54, 1.807) is 7.11 Å². The van der Waals surface area contributed by atoms with Gasteiger partial charge in [0.25, 0.3) is 5.91 Å². The molecule has 4 aromatic rings. The zero-order chi connectivity index (χ0) is 22.8. The molecule has 5 rings (SSSR count). The number of benzene rings is 3. The zero-order valence-electron chi connectivity index (χ0n) is 19.0. The summed E-state index contributed by atoms with van der Waals surface area (Å²) in [6.45, 7) is 5.04. The number of pyridine rings is 1. The van der Waals surface area contributed by atoms with Crippen molar-refractivity contribution in [2.45, 2.75) is 6.92 Å². The smallest absolute Gasteiger partial charge is 0.255 e. The molecule has 166 valence electrons. The largest absolute Gasteiger partial charge is 0.497 e. The molecule has 1 aliphatic heterocycles. The van der Waals surface area contributed by atoms with E-state index in [-0.39, 0.29) is 5.91 Å². The first kappa shape index (κ1) is 21.0. The van der Waals surface area contributed by atoms with Crippen molar-refractivity contribution in [2.24, 2.45) is 0 Å². The Morgan fingerprint density at radius 3 is 2.21 bits per heavy atom. The minimum absolute atomic E-state index is 0.0774. The lowest BCUT2D eigenvalue weighted by molar-refractivity contribution is 0.0748. The first-order valence-corrected chi connectivity index (χ1v) is 11.3. The molecule has 0 saturated carbocycles. The van der Waals surface area contributed by atoms with E-state index in [0.29, 0.717) is 13.1 Å². The molecule has 0 aliphatic carbocycles. The van der Waals surface area contributed by atoms with Gasteiger partial charge in [-0.2, -0.15) is 0 Å². The molecule has 0 N–H and O–H groups in total. The Balaban J connectivity index is 1.49. The lowest BCUT2D eigenvalue weighted by Crippen LogP contribution is -2.49. The normalized spacial score (nSPS) is 13.9. The fourth-order valence-electron chi connectivity index (χ4n) is 4.58. The highest BCUT2D eigenvalue weighted by Gasteiger charge is 2.26. The number of hydrogen-bond acceptors (Lipinski definition) is 4. The van der Waals surface area contributed by atoms with Crippen LogP contribution in [0.15, 0.2) is 78.9 Å². The van der Waals surface area contributed by atoms with Crippen molar-refractivity contribution < 1.29 is 9.53 Å². The number of rotatable bonds is 4. The number of amides is 1. The summed E-state index contributed by atoms with van der Waals surface area (Å²) in [6.07, 6.45) is 0. The maximum Gasteiger partial charge on any atom is 0.255 e. The van der Waals surface area contributed by atoms with E-state index in [1.165, 1.54) is 5.69 Å². The van der Waals surface area contributed by atoms with E-state index in [4.69, 9.17) is 9.72 Å². The number of carbonyl (C=O) groups excluding carboxylic acids is 1. The molecular formula is C28H27N3O2. The zero-order valence-corrected chi connectivity index (χ0v) is 19.0. The summed E-state index contributed by atoms with van der Waals surface area (Å²) in [4.78, 5) is 23.1. The van der Waals surface area contributed by atoms with Gasteiger partial charge in [0.15, 0.2) is 0 Å². The summed E-state index contributed by atoms with van der Waals surface area (Å²) in [6, 6.07) is 26.2. The number of hydrogen-bond donors (Lipinski definition) is 0. The molecule has 1 aromatic heterocycles. The highest BCUT2D eigenvalue weighted by molar-refractivity contribution is 6.09. The third-order valence-electron chi connectivity index (χ3n) is 6.40. The highest BCUT2D eigenvalue weighted by atomic mass is 16.5. The first-order chi connectivity index (χ1) is 16.2. The van der Waals surface area contributed by atoms with Crippen LogP contribution in [0, 0.1) is 6.92 Å². The molecule has 1 aliphatic rings. The lowest BCUT2D eigenvalue weighted by atomic mass is 9.96. The molecule has 5 heteroatoms. The van der Waals surface area contributed by atoms with Gasteiger partial charge in [-0.1, -0.05) is 36.4 Å². The van der Waals surface area contributed by atoms with Crippen molar-refractivity contribution in [1.29, 1.82) is 0 Å². The fourth-order valence-corrected chi connectivity index (χ4v) is 4.58. The summed E-state index contributed by atoms with van der Waals surface area (Å²) in [5.74, 6) is 0.873. The number of carbonyl (C=O) groups is 1. The molecule has 0 radical (unpaired) electrons. The lowest BCUT2D eigenvalue weighted by Gasteiger charge is -2.36. The standard InChI is InChI=1S/C28H27N3O2/c1-20-26(28(32)31-18-16-30(17-19-31)22-8-4-3-5-9-22)24-10-6-7-11-25(24)29-27(20)21-12-14-23(33-2)15-13-21/h3-15H,16-19H2,1-2H3. The van der Waals surface area contributed by atoms with Gasteiger partial charge in [0.05, 0.1) is 23.9 Å². The number of para-hydroxylation sites is 2. The molecule has 1 saturated heterocycles. The SMILES string of the molecule is COc1ccc(-c2nc3ccccc3c(C(=O)N3CCN(c4ccccc4)CC3)c2C)cc1. The number of fused-ring (bicyclic) bond motifs is 1. The summed E-state index contributed by atoms with van der Waals surface area (Å²) < 4.78 is 5.30. The van der Waals surface area contributed by atoms with E-state index in [1.807, 2.05) is 66.4 Å². The monoisotopic (exact) mass is 437 g/mol. The molecule has 1 amide bonds. The van der Waals surface area contributed by atoms with Crippen LogP contribution in [0.1, 0.15) is 15.9 Å². The molecule has 5 nitrogen and oxygen atoms in total. The molecule has 1 fully saturated rings. The van der Waals surface area contributed by atoms with Gasteiger partial charge < -0.3 is 14.5 Å². The van der Waals surface area contributed by atoms with Crippen LogP contribution in [0.25, 0.3) is 22.2 Å². The van der Waals surface area contributed by atoms with E-state index in [2.05, 4.69) is 29.2 Å². The quantitative estimate of drug-likeness (QED) is 0.441. The Hall–Kier alpha value is -3.86. The molecule has 0 unspecified atom stereocenters. The number of anilines is 1. The van der Waals surface area contributed by atoms with Crippen LogP contribution >= 0.6 is 0 Å². The minimum Gasteiger partial charge on any atom is -0.497 e. The van der Waals surface area contributed by atoms with Crippen molar-refractivity contribution in [2.75, 3.05) is 38.2 Å². The third kappa shape index (κ3) is 4.02. The average molecular weight is 438 g/mol. The molecular weight excluding hydrogens is 410 g/mol. The fraction of sp³-hybridized carbons (Fsp3) is 0.214. The van der Waals surface area contributed by atoms with Gasteiger partial charge in [-0.15, -0.1) is 0 Å². The van der Waals surface area contributed by atoms with Crippen molar-refractivity contribution in [3.8, 4) is 17.0 Å². The first-order valence-electron chi connectivity index (χ1n) is 11.3. The predicted octanol–water partition coefficient (Wildman–Crippen LogP) is 5.18. The van der Waals surface area contributed by atoms with Gasteiger partial charge in [0, 0.05) is 42.8 Å². The second-order valence-corrected chi connectivity index (χ2v) is 8.32. The van der Waals surface area contributed by atoms with Crippen molar-refractivity contribution in [3.05, 3.63) is 90.0 Å². The molecule has 33 heavy (non-hydrogen) atoms. The van der Waals surface area contributed by atoms with Gasteiger partial charge >= 0.3 is 0 Å². The predicted molar refractivity (Wildman–Crippen MR) is 133 cm³/mol. The van der Waals surface area contributed by atoms with E-state index in [9.17, 15) is 4.79 Å². The van der Waals surface area contributed by atoms with E-state index in [0.717, 1.165) is 52.1 Å². The molecule has 0 atom stereocenters. The highest BCUT2D eigenvalue weighted by Crippen LogP contribution is 2.31. The van der Waals surface area contributed by atoms with Gasteiger partial charge in [0.1, 0.15) is 5.75 Å². The molecule has 0 spiro atoms. The Labute approximate surface area is 194 Å². The summed E-state index contributed by atoms with van der Waals surface area (Å²) in [5, 5.41) is 0.905. The van der Waals surface area contributed by atoms with Gasteiger partial charge in [-0.25, -0.2) is 4.98 Å². The second kappa shape index (κ2) is 8.94. The Kier molecular flexibility index (Phi) is 5.69. The van der Waals surface area contributed by atoms with Crippen LogP contribution in [0.2, 0.25) is 0 Å². The van der Waals surface area contributed by atoms with Crippen molar-refractivity contribution in [3.63, 3.8) is 0 Å². The number of aromatic nitrogens is 1. The van der Waals surface area contributed by atoms with Gasteiger partial charge in [-0.3, -0.25) is 4.79 Å². The summed E-state index contributed by atoms with van der Waals surface area (Å²) >= 11 is 0. The van der Waals surface area contributed by atoms with Crippen LogP contribution in [0.3, 0.4) is 0 Å². The summed E-state index contributed by atoms with van der Waals surface area (Å²) in [5.41, 5.74) is 5.51. The molecule has 3 aromatic carbocycles. The Morgan fingerprint density at radius 2 is 1.52 bits per heavy atom. The summed E-state index contributed by atoms with van der Waals surface area (Å²) in [7, 11) is 1.66. The van der Waals surface area contributed by atoms with Crippen LogP contribution in [0.4, 0.5) is 5.69 Å². The molecule has 0 bridgehead atoms. The minimum atomic E-state index is 0.0774. The number of piperazine rings is 1. The van der Waals surface area contributed by atoms with E-state index < -0.39 is 0 Å². The van der Waals surface area contributed by atoms with Crippen molar-refractivity contribution >= 4 is 22.5 Å². The second-order valence-electron chi connectivity index (χ2n) is 8.32. The number of nitrogens with zero attached hydrogens (tertiary/aromatic N) is 3. The van der Waals surface area contributed by atoms with Crippen LogP contribution < -0.4 is 9.64 Å². The number of ether oxygens (including phenoxy) is 1. The van der Waals surface area contributed by atoms with Crippen molar-refractivity contribution in [1.82, 2.24) is 9.88 Å². The molecule has 2 heterocycles. The Morgan fingerprint density at radius 1 is 0.848 bits per heavy atom. The number of methoxy groups -OCH3 is 1. The van der Waals surface area contributed by atoms with Crippen LogP contribution in [0.5, 0.6) is 5.75 Å². The van der Waals surface area contributed by atoms with E-state index >= 15 is 0 Å². The topological polar surface area (TPSA) is 45.7 Å². The maximum atomic E-state index is 13.8. The van der Waals surface area contributed by atoms with Crippen LogP contribution in [-0.4, -0.2) is 49.1 Å². The average Bonchev–Trinajstić information content (AvgIpc) is 2.89. The third-order valence-corrected chi connectivity index (χ3v) is 6.40. The Bertz CT molecular complexity index is 1280.